The Morgan fingerprint density at radius 3 is 2.75 bits per heavy atom. The first-order chi connectivity index (χ1) is 7.66. The average molecular weight is 220 g/mol. The molecule has 1 saturated carbocycles. The van der Waals surface area contributed by atoms with Gasteiger partial charge in [0.05, 0.1) is 11.3 Å². The molecule has 86 valence electrons. The van der Waals surface area contributed by atoms with Crippen molar-refractivity contribution < 1.29 is 9.90 Å². The third-order valence-corrected chi connectivity index (χ3v) is 3.18. The highest BCUT2D eigenvalue weighted by Gasteiger charge is 2.21. The highest BCUT2D eigenvalue weighted by Crippen LogP contribution is 2.24. The zero-order valence-corrected chi connectivity index (χ0v) is 9.39. The largest absolute Gasteiger partial charge is 0.478 e. The molecule has 0 bridgehead atoms. The lowest BCUT2D eigenvalue weighted by atomic mass is 9.92. The van der Waals surface area contributed by atoms with E-state index in [-0.39, 0.29) is 5.56 Å². The van der Waals surface area contributed by atoms with Crippen molar-refractivity contribution in [2.24, 2.45) is 0 Å². The van der Waals surface area contributed by atoms with Gasteiger partial charge in [0.25, 0.3) is 0 Å². The quantitative estimate of drug-likeness (QED) is 0.840. The van der Waals surface area contributed by atoms with Crippen molar-refractivity contribution in [2.75, 3.05) is 7.05 Å². The Labute approximate surface area is 94.9 Å². The number of aromatic carboxylic acids is 1. The van der Waals surface area contributed by atoms with Gasteiger partial charge in [-0.2, -0.15) is 0 Å². The summed E-state index contributed by atoms with van der Waals surface area (Å²) in [7, 11) is 2.09. The summed E-state index contributed by atoms with van der Waals surface area (Å²) in [5.41, 5.74) is 1.18. The number of carbonyl (C=O) groups is 1. The molecule has 1 aromatic rings. The van der Waals surface area contributed by atoms with Crippen LogP contribution in [0.25, 0.3) is 0 Å². The van der Waals surface area contributed by atoms with E-state index in [0.29, 0.717) is 6.04 Å². The zero-order chi connectivity index (χ0) is 11.5. The van der Waals surface area contributed by atoms with E-state index in [2.05, 4.69) is 16.9 Å². The molecule has 2 rings (SSSR count). The molecule has 4 nitrogen and oxygen atoms in total. The number of hydrogen-bond donors (Lipinski definition) is 1. The molecule has 0 atom stereocenters. The van der Waals surface area contributed by atoms with Gasteiger partial charge in [-0.25, -0.2) is 4.79 Å². The lowest BCUT2D eigenvalue weighted by Gasteiger charge is -2.34. The van der Waals surface area contributed by atoms with Crippen molar-refractivity contribution >= 4 is 5.97 Å². The summed E-state index contributed by atoms with van der Waals surface area (Å²) in [4.78, 5) is 17.1. The number of carboxylic acids is 1. The van der Waals surface area contributed by atoms with Crippen LogP contribution in [-0.2, 0) is 6.54 Å². The molecule has 0 unspecified atom stereocenters. The predicted molar refractivity (Wildman–Crippen MR) is 60.3 cm³/mol. The van der Waals surface area contributed by atoms with Gasteiger partial charge in [0.2, 0.25) is 0 Å². The molecule has 1 N–H and O–H groups in total. The van der Waals surface area contributed by atoms with Gasteiger partial charge in [0.15, 0.2) is 0 Å². The first-order valence-corrected chi connectivity index (χ1v) is 5.55. The van der Waals surface area contributed by atoms with Crippen LogP contribution >= 0.6 is 0 Å². The van der Waals surface area contributed by atoms with E-state index in [9.17, 15) is 4.79 Å². The van der Waals surface area contributed by atoms with Crippen molar-refractivity contribution in [3.63, 3.8) is 0 Å². The Morgan fingerprint density at radius 2 is 2.31 bits per heavy atom. The summed E-state index contributed by atoms with van der Waals surface area (Å²) in [6, 6.07) is 4.08. The van der Waals surface area contributed by atoms with E-state index in [4.69, 9.17) is 5.11 Å². The van der Waals surface area contributed by atoms with Gasteiger partial charge in [-0.15, -0.1) is 0 Å². The van der Waals surface area contributed by atoms with Gasteiger partial charge >= 0.3 is 5.97 Å². The number of rotatable bonds is 4. The molecule has 1 fully saturated rings. The van der Waals surface area contributed by atoms with Crippen LogP contribution in [0.15, 0.2) is 18.3 Å². The van der Waals surface area contributed by atoms with Crippen molar-refractivity contribution in [3.8, 4) is 0 Å². The fourth-order valence-electron chi connectivity index (χ4n) is 1.86. The first kappa shape index (κ1) is 11.1. The Kier molecular flexibility index (Phi) is 3.19. The summed E-state index contributed by atoms with van der Waals surface area (Å²) in [6.45, 7) is 0.796. The molecule has 0 spiro atoms. The van der Waals surface area contributed by atoms with Gasteiger partial charge in [0.1, 0.15) is 0 Å². The Balaban J connectivity index is 1.96. The van der Waals surface area contributed by atoms with Crippen LogP contribution in [0.3, 0.4) is 0 Å². The predicted octanol–water partition coefficient (Wildman–Crippen LogP) is 1.76. The molecular weight excluding hydrogens is 204 g/mol. The van der Waals surface area contributed by atoms with Crippen molar-refractivity contribution in [1.29, 1.82) is 0 Å². The molecule has 1 aliphatic rings. The fourth-order valence-corrected chi connectivity index (χ4v) is 1.86. The summed E-state index contributed by atoms with van der Waals surface area (Å²) in [5, 5.41) is 8.74. The smallest absolute Gasteiger partial charge is 0.337 e. The normalized spacial score (nSPS) is 16.1. The monoisotopic (exact) mass is 220 g/mol. The van der Waals surface area contributed by atoms with Gasteiger partial charge in [0, 0.05) is 18.8 Å². The number of aromatic nitrogens is 1. The van der Waals surface area contributed by atoms with Crippen LogP contribution in [0.2, 0.25) is 0 Å². The third-order valence-electron chi connectivity index (χ3n) is 3.18. The van der Waals surface area contributed by atoms with E-state index in [0.717, 1.165) is 12.2 Å². The van der Waals surface area contributed by atoms with Crippen LogP contribution in [-0.4, -0.2) is 34.0 Å². The maximum atomic E-state index is 10.6. The number of pyridine rings is 1. The van der Waals surface area contributed by atoms with E-state index in [1.54, 1.807) is 12.1 Å². The Hall–Kier alpha value is -1.42. The van der Waals surface area contributed by atoms with Gasteiger partial charge in [-0.05, 0) is 32.0 Å². The third kappa shape index (κ3) is 2.39. The highest BCUT2D eigenvalue weighted by molar-refractivity contribution is 5.87. The molecule has 0 radical (unpaired) electrons. The molecule has 1 aliphatic carbocycles. The topological polar surface area (TPSA) is 53.4 Å². The minimum atomic E-state index is -0.925. The highest BCUT2D eigenvalue weighted by atomic mass is 16.4. The molecule has 1 heterocycles. The zero-order valence-electron chi connectivity index (χ0n) is 9.39. The molecule has 4 heteroatoms. The first-order valence-electron chi connectivity index (χ1n) is 5.55. The second kappa shape index (κ2) is 4.61. The van der Waals surface area contributed by atoms with Crippen LogP contribution < -0.4 is 0 Å². The Bertz CT molecular complexity index is 371. The van der Waals surface area contributed by atoms with Crippen LogP contribution in [0, 0.1) is 0 Å². The van der Waals surface area contributed by atoms with Gasteiger partial charge < -0.3 is 5.11 Å². The van der Waals surface area contributed by atoms with Crippen molar-refractivity contribution in [1.82, 2.24) is 9.88 Å². The molecule has 0 aliphatic heterocycles. The molecule has 0 amide bonds. The fraction of sp³-hybridized carbons (Fsp3) is 0.500. The number of hydrogen-bond acceptors (Lipinski definition) is 3. The second-order valence-corrected chi connectivity index (χ2v) is 4.34. The summed E-state index contributed by atoms with van der Waals surface area (Å²) >= 11 is 0. The second-order valence-electron chi connectivity index (χ2n) is 4.34. The van der Waals surface area contributed by atoms with E-state index in [1.807, 2.05) is 0 Å². The minimum absolute atomic E-state index is 0.245. The summed E-state index contributed by atoms with van der Waals surface area (Å²) < 4.78 is 0. The van der Waals surface area contributed by atoms with Crippen molar-refractivity contribution in [3.05, 3.63) is 29.6 Å². The number of carboxylic acid groups (broad SMARTS) is 1. The molecular formula is C12H16N2O2. The summed E-state index contributed by atoms with van der Waals surface area (Å²) in [6.07, 6.45) is 5.28. The van der Waals surface area contributed by atoms with Crippen molar-refractivity contribution in [2.45, 2.75) is 31.8 Å². The van der Waals surface area contributed by atoms with Crippen LogP contribution in [0.1, 0.15) is 35.3 Å². The SMILES string of the molecule is CN(Cc1ccc(C(=O)O)cn1)C1CCC1. The molecule has 16 heavy (non-hydrogen) atoms. The Morgan fingerprint density at radius 1 is 1.56 bits per heavy atom. The molecule has 0 saturated heterocycles. The van der Waals surface area contributed by atoms with Crippen LogP contribution in [0.5, 0.6) is 0 Å². The van der Waals surface area contributed by atoms with E-state index >= 15 is 0 Å². The standard InChI is InChI=1S/C12H16N2O2/c1-14(11-3-2-4-11)8-10-6-5-9(7-13-10)12(15)16/h5-7,11H,2-4,8H2,1H3,(H,15,16). The van der Waals surface area contributed by atoms with E-state index < -0.39 is 5.97 Å². The number of nitrogens with zero attached hydrogens (tertiary/aromatic N) is 2. The summed E-state index contributed by atoms with van der Waals surface area (Å²) in [5.74, 6) is -0.925. The van der Waals surface area contributed by atoms with Gasteiger partial charge in [-0.1, -0.05) is 6.42 Å². The lowest BCUT2D eigenvalue weighted by Crippen LogP contribution is -2.36. The van der Waals surface area contributed by atoms with Crippen LogP contribution in [0.4, 0.5) is 0 Å². The average Bonchev–Trinajstić information content (AvgIpc) is 2.15. The lowest BCUT2D eigenvalue weighted by molar-refractivity contribution is 0.0696. The maximum Gasteiger partial charge on any atom is 0.337 e. The molecule has 0 aromatic carbocycles. The molecule has 1 aromatic heterocycles. The maximum absolute atomic E-state index is 10.6. The van der Waals surface area contributed by atoms with Gasteiger partial charge in [-0.3, -0.25) is 9.88 Å². The minimum Gasteiger partial charge on any atom is -0.478 e. The van der Waals surface area contributed by atoms with E-state index in [1.165, 1.54) is 25.5 Å².